The van der Waals surface area contributed by atoms with Crippen molar-refractivity contribution in [2.75, 3.05) is 0 Å². The van der Waals surface area contributed by atoms with Crippen LogP contribution in [-0.4, -0.2) is 20.6 Å². The first-order chi connectivity index (χ1) is 3.47. The molecule has 0 aromatic rings. The Bertz CT molecular complexity index is 123. The van der Waals surface area contributed by atoms with E-state index in [1.165, 1.54) is 0 Å². The molecule has 0 saturated carbocycles. The lowest BCUT2D eigenvalue weighted by Crippen LogP contribution is -1.86. The number of allylic oxidation sites excluding steroid dienone is 2. The van der Waals surface area contributed by atoms with Crippen molar-refractivity contribution in [1.82, 2.24) is 0 Å². The fraction of sp³-hybridized carbons (Fsp3) is 0.333. The zero-order chi connectivity index (χ0) is 4.69. The van der Waals surface area contributed by atoms with E-state index in [1.54, 1.807) is 0 Å². The Morgan fingerprint density at radius 1 is 1.00 bits per heavy atom. The third-order valence-corrected chi connectivity index (χ3v) is 1.27. The molecule has 3 radical (unpaired) electrons. The van der Waals surface area contributed by atoms with Crippen LogP contribution >= 0.6 is 0 Å². The van der Waals surface area contributed by atoms with E-state index >= 15 is 0 Å². The number of hydrogen-bond acceptors (Lipinski definition) is 1. The molecule has 0 amide bonds. The third-order valence-electron chi connectivity index (χ3n) is 1.27. The van der Waals surface area contributed by atoms with E-state index < -0.39 is 0 Å². The maximum Gasteiger partial charge on any atom is 0.107 e. The Morgan fingerprint density at radius 3 is 1.88 bits per heavy atom. The van der Waals surface area contributed by atoms with E-state index in [0.29, 0.717) is 12.2 Å². The lowest BCUT2D eigenvalue weighted by molar-refractivity contribution is 0.414. The summed E-state index contributed by atoms with van der Waals surface area (Å²) in [5.74, 6) is 0. The minimum atomic E-state index is 0. The SMILES string of the molecule is C1=CC2OC2C=C1.[B]. The van der Waals surface area contributed by atoms with Crippen molar-refractivity contribution in [2.45, 2.75) is 12.2 Å². The third kappa shape index (κ3) is 0.714. The van der Waals surface area contributed by atoms with Gasteiger partial charge < -0.3 is 4.74 Å². The van der Waals surface area contributed by atoms with Crippen LogP contribution in [0.1, 0.15) is 0 Å². The van der Waals surface area contributed by atoms with Gasteiger partial charge in [0.15, 0.2) is 0 Å². The molecule has 0 N–H and O–H groups in total. The van der Waals surface area contributed by atoms with Crippen molar-refractivity contribution in [1.29, 1.82) is 0 Å². The van der Waals surface area contributed by atoms with Crippen LogP contribution in [0, 0.1) is 0 Å². The molecule has 0 aromatic carbocycles. The topological polar surface area (TPSA) is 12.5 Å². The van der Waals surface area contributed by atoms with Gasteiger partial charge in [0.1, 0.15) is 12.2 Å². The van der Waals surface area contributed by atoms with Crippen LogP contribution in [0.4, 0.5) is 0 Å². The van der Waals surface area contributed by atoms with Crippen LogP contribution in [0.2, 0.25) is 0 Å². The van der Waals surface area contributed by atoms with Crippen molar-refractivity contribution in [3.63, 3.8) is 0 Å². The Hall–Kier alpha value is -0.495. The zero-order valence-corrected chi connectivity index (χ0v) is 4.45. The first-order valence-corrected chi connectivity index (χ1v) is 2.47. The Labute approximate surface area is 50.6 Å². The van der Waals surface area contributed by atoms with Gasteiger partial charge in [-0.1, -0.05) is 24.3 Å². The van der Waals surface area contributed by atoms with Crippen molar-refractivity contribution in [3.05, 3.63) is 24.3 Å². The molecule has 8 heavy (non-hydrogen) atoms. The van der Waals surface area contributed by atoms with Gasteiger partial charge in [-0.05, 0) is 0 Å². The summed E-state index contributed by atoms with van der Waals surface area (Å²) in [7, 11) is 0. The molecule has 1 heterocycles. The molecule has 1 aliphatic heterocycles. The highest BCUT2D eigenvalue weighted by molar-refractivity contribution is 5.75. The van der Waals surface area contributed by atoms with Crippen molar-refractivity contribution in [2.24, 2.45) is 0 Å². The maximum absolute atomic E-state index is 5.10. The van der Waals surface area contributed by atoms with Gasteiger partial charge in [0.05, 0.1) is 0 Å². The normalized spacial score (nSPS) is 38.0. The molecule has 0 aromatic heterocycles. The Kier molecular flexibility index (Phi) is 1.26. The molecule has 2 atom stereocenters. The summed E-state index contributed by atoms with van der Waals surface area (Å²) in [6, 6.07) is 0. The van der Waals surface area contributed by atoms with E-state index in [1.807, 2.05) is 12.2 Å². The molecule has 0 bridgehead atoms. The maximum atomic E-state index is 5.10. The first-order valence-electron chi connectivity index (χ1n) is 2.47. The molecule has 2 heteroatoms. The summed E-state index contributed by atoms with van der Waals surface area (Å²) < 4.78 is 5.10. The second-order valence-electron chi connectivity index (χ2n) is 1.84. The van der Waals surface area contributed by atoms with Gasteiger partial charge in [-0.25, -0.2) is 0 Å². The number of fused-ring (bicyclic) bond motifs is 1. The summed E-state index contributed by atoms with van der Waals surface area (Å²) in [6.07, 6.45) is 9.06. The molecule has 1 fully saturated rings. The average Bonchev–Trinajstić information content (AvgIpc) is 2.41. The van der Waals surface area contributed by atoms with Gasteiger partial charge in [0.2, 0.25) is 0 Å². The largest absolute Gasteiger partial charge is 0.361 e. The second kappa shape index (κ2) is 1.79. The molecule has 2 aliphatic rings. The molecule has 1 nitrogen and oxygen atoms in total. The van der Waals surface area contributed by atoms with Gasteiger partial charge in [0.25, 0.3) is 0 Å². The van der Waals surface area contributed by atoms with Gasteiger partial charge in [0, 0.05) is 8.41 Å². The molecule has 2 rings (SSSR count). The van der Waals surface area contributed by atoms with Crippen LogP contribution in [0.3, 0.4) is 0 Å². The van der Waals surface area contributed by atoms with Gasteiger partial charge in [-0.2, -0.15) is 0 Å². The number of epoxide rings is 1. The summed E-state index contributed by atoms with van der Waals surface area (Å²) in [5.41, 5.74) is 0. The second-order valence-corrected chi connectivity index (χ2v) is 1.84. The lowest BCUT2D eigenvalue weighted by Gasteiger charge is -1.81. The van der Waals surface area contributed by atoms with E-state index in [4.69, 9.17) is 4.74 Å². The quantitative estimate of drug-likeness (QED) is 0.322. The van der Waals surface area contributed by atoms with Crippen LogP contribution < -0.4 is 0 Å². The fourth-order valence-electron chi connectivity index (χ4n) is 0.793. The minimum absolute atomic E-state index is 0. The zero-order valence-electron chi connectivity index (χ0n) is 4.45. The first kappa shape index (κ1) is 5.64. The van der Waals surface area contributed by atoms with Crippen LogP contribution in [-0.2, 0) is 4.74 Å². The average molecular weight is 105 g/mol. The highest BCUT2D eigenvalue weighted by Gasteiger charge is 2.34. The minimum Gasteiger partial charge on any atom is -0.361 e. The number of hydrogen-bond donors (Lipinski definition) is 0. The van der Waals surface area contributed by atoms with E-state index in [2.05, 4.69) is 12.2 Å². The van der Waals surface area contributed by atoms with Crippen LogP contribution in [0.15, 0.2) is 24.3 Å². The van der Waals surface area contributed by atoms with E-state index in [9.17, 15) is 0 Å². The van der Waals surface area contributed by atoms with Crippen LogP contribution in [0.5, 0.6) is 0 Å². The highest BCUT2D eigenvalue weighted by Crippen LogP contribution is 2.26. The van der Waals surface area contributed by atoms with Crippen molar-refractivity contribution >= 4 is 8.41 Å². The molecule has 1 saturated heterocycles. The standard InChI is InChI=1S/C6H6O.B/c1-2-4-6-5(3-1)7-6;/h1-6H;. The van der Waals surface area contributed by atoms with Gasteiger partial charge >= 0.3 is 0 Å². The van der Waals surface area contributed by atoms with Crippen LogP contribution in [0.25, 0.3) is 0 Å². The van der Waals surface area contributed by atoms with Crippen molar-refractivity contribution in [3.8, 4) is 0 Å². The molecule has 1 aliphatic carbocycles. The van der Waals surface area contributed by atoms with Crippen molar-refractivity contribution < 1.29 is 4.74 Å². The van der Waals surface area contributed by atoms with Gasteiger partial charge in [-0.3, -0.25) is 0 Å². The summed E-state index contributed by atoms with van der Waals surface area (Å²) in [4.78, 5) is 0. The predicted octanol–water partition coefficient (Wildman–Crippen LogP) is 0.499. The van der Waals surface area contributed by atoms with E-state index in [-0.39, 0.29) is 8.41 Å². The molecular formula is C6H6BO. The number of ether oxygens (including phenoxy) is 1. The predicted molar refractivity (Wildman–Crippen MR) is 32.7 cm³/mol. The number of rotatable bonds is 0. The smallest absolute Gasteiger partial charge is 0.107 e. The molecule has 39 valence electrons. The summed E-state index contributed by atoms with van der Waals surface area (Å²) in [6.45, 7) is 0. The monoisotopic (exact) mass is 105 g/mol. The summed E-state index contributed by atoms with van der Waals surface area (Å²) in [5, 5.41) is 0. The molecule has 2 unspecified atom stereocenters. The molecule has 0 spiro atoms. The molecular weight excluding hydrogens is 98.9 g/mol. The fourth-order valence-corrected chi connectivity index (χ4v) is 0.793. The van der Waals surface area contributed by atoms with Gasteiger partial charge in [-0.15, -0.1) is 0 Å². The Morgan fingerprint density at radius 2 is 1.50 bits per heavy atom. The summed E-state index contributed by atoms with van der Waals surface area (Å²) >= 11 is 0. The highest BCUT2D eigenvalue weighted by atomic mass is 16.6. The van der Waals surface area contributed by atoms with E-state index in [0.717, 1.165) is 0 Å². The lowest BCUT2D eigenvalue weighted by atomic mass is 10.2. The Balaban J connectivity index is 0.000000320.